The number of hydrogen-bond acceptors (Lipinski definition) is 8. The van der Waals surface area contributed by atoms with Crippen molar-refractivity contribution < 1.29 is 47.8 Å². The lowest BCUT2D eigenvalue weighted by Crippen LogP contribution is -2.43. The molecule has 3 unspecified atom stereocenters. The monoisotopic (exact) mass is 817 g/mol. The van der Waals surface area contributed by atoms with Crippen LogP contribution in [-0.2, 0) is 32.7 Å². The molecular weight excluding hydrogens is 745 g/mol. The molecule has 0 fully saturated rings. The number of phosphoric ester groups is 1. The molecule has 0 saturated carbocycles. The van der Waals surface area contributed by atoms with Crippen LogP contribution in [0.5, 0.6) is 0 Å². The summed E-state index contributed by atoms with van der Waals surface area (Å²) >= 11 is 0. The van der Waals surface area contributed by atoms with Gasteiger partial charge >= 0.3 is 19.8 Å². The minimum Gasteiger partial charge on any atom is -0.480 e. The van der Waals surface area contributed by atoms with E-state index >= 15 is 0 Å². The number of esters is 1. The minimum absolute atomic E-state index is 0.125. The zero-order valence-corrected chi connectivity index (χ0v) is 35.5. The summed E-state index contributed by atoms with van der Waals surface area (Å²) in [6.45, 7) is 2.31. The van der Waals surface area contributed by atoms with Crippen LogP contribution in [0.3, 0.4) is 0 Å². The summed E-state index contributed by atoms with van der Waals surface area (Å²) in [5.41, 5.74) is 0. The first-order valence-corrected chi connectivity index (χ1v) is 22.3. The number of carboxylic acids is 1. The molecule has 1 amide bonds. The first-order valence-electron chi connectivity index (χ1n) is 20.8. The number of aliphatic hydroxyl groups is 1. The Morgan fingerprint density at radius 2 is 1.04 bits per heavy atom. The third-order valence-corrected chi connectivity index (χ3v) is 9.04. The number of carbonyl (C=O) groups excluding carboxylic acids is 2. The Bertz CT molecular complexity index is 1330. The van der Waals surface area contributed by atoms with Gasteiger partial charge in [-0.05, 0) is 83.5 Å². The number of carboxylic acid groups (broad SMARTS) is 1. The van der Waals surface area contributed by atoms with Gasteiger partial charge in [0, 0.05) is 12.8 Å². The van der Waals surface area contributed by atoms with Gasteiger partial charge < -0.3 is 25.2 Å². The largest absolute Gasteiger partial charge is 0.480 e. The van der Waals surface area contributed by atoms with E-state index in [0.717, 1.165) is 89.9 Å². The topological polar surface area (TPSA) is 169 Å². The molecule has 0 aromatic heterocycles. The number of unbranched alkanes of at least 4 members (excludes halogenated alkanes) is 7. The van der Waals surface area contributed by atoms with Gasteiger partial charge in [0.15, 0.2) is 6.04 Å². The number of phosphoric acid groups is 1. The van der Waals surface area contributed by atoms with Crippen LogP contribution in [-0.4, -0.2) is 64.9 Å². The molecule has 322 valence electrons. The molecule has 0 radical (unpaired) electrons. The Kier molecular flexibility index (Phi) is 36.8. The maximum atomic E-state index is 12.2. The van der Waals surface area contributed by atoms with Gasteiger partial charge in [-0.3, -0.25) is 18.6 Å². The van der Waals surface area contributed by atoms with Crippen LogP contribution in [0.1, 0.15) is 136 Å². The quantitative estimate of drug-likeness (QED) is 0.0205. The second-order valence-corrected chi connectivity index (χ2v) is 14.9. The Hall–Kier alpha value is -3.60. The molecule has 0 aliphatic heterocycles. The molecule has 0 heterocycles. The van der Waals surface area contributed by atoms with Crippen LogP contribution >= 0.6 is 7.82 Å². The van der Waals surface area contributed by atoms with Crippen molar-refractivity contribution in [1.82, 2.24) is 5.32 Å². The van der Waals surface area contributed by atoms with Crippen molar-refractivity contribution >= 4 is 25.7 Å². The van der Waals surface area contributed by atoms with Gasteiger partial charge in [0.1, 0.15) is 12.7 Å². The fourth-order valence-corrected chi connectivity index (χ4v) is 5.66. The van der Waals surface area contributed by atoms with E-state index < -0.39 is 57.6 Å². The smallest absolute Gasteiger partial charge is 0.472 e. The highest BCUT2D eigenvalue weighted by atomic mass is 31.2. The first-order chi connectivity index (χ1) is 27.6. The molecule has 11 nitrogen and oxygen atoms in total. The average molecular weight is 818 g/mol. The summed E-state index contributed by atoms with van der Waals surface area (Å²) in [4.78, 5) is 45.7. The van der Waals surface area contributed by atoms with Crippen LogP contribution in [0.4, 0.5) is 0 Å². The van der Waals surface area contributed by atoms with E-state index in [1.807, 2.05) is 12.2 Å². The van der Waals surface area contributed by atoms with Gasteiger partial charge in [-0.15, -0.1) is 0 Å². The van der Waals surface area contributed by atoms with E-state index in [1.165, 1.54) is 0 Å². The molecular formula is C45H72NO10P. The minimum atomic E-state index is -4.77. The van der Waals surface area contributed by atoms with E-state index in [9.17, 15) is 34.1 Å². The number of allylic oxidation sites excluding steroid dienone is 16. The Morgan fingerprint density at radius 3 is 1.58 bits per heavy atom. The van der Waals surface area contributed by atoms with Crippen LogP contribution < -0.4 is 5.32 Å². The van der Waals surface area contributed by atoms with Crippen molar-refractivity contribution in [2.45, 2.75) is 148 Å². The first kappa shape index (κ1) is 53.4. The lowest BCUT2D eigenvalue weighted by molar-refractivity contribution is -0.147. The molecule has 0 bridgehead atoms. The average Bonchev–Trinajstić information content (AvgIpc) is 3.18. The lowest BCUT2D eigenvalue weighted by atomic mass is 10.1. The zero-order chi connectivity index (χ0) is 42.1. The van der Waals surface area contributed by atoms with Crippen molar-refractivity contribution in [3.05, 3.63) is 97.2 Å². The van der Waals surface area contributed by atoms with E-state index in [1.54, 1.807) is 0 Å². The fraction of sp³-hybridized carbons (Fsp3) is 0.578. The van der Waals surface area contributed by atoms with Crippen molar-refractivity contribution in [1.29, 1.82) is 0 Å². The molecule has 0 aliphatic rings. The SMILES string of the molecule is CC/C=C\C/C=C\C/C=C\C/C=C\C/C=C\C/C=C\C/C=C\CCCC(=O)OCC(O)COP(=O)(O)OCC(NC(=O)CCCCCCC/C=C\CCC)C(=O)O. The predicted octanol–water partition coefficient (Wildman–Crippen LogP) is 10.5. The van der Waals surface area contributed by atoms with Crippen molar-refractivity contribution in [2.75, 3.05) is 19.8 Å². The molecule has 0 saturated heterocycles. The Labute approximate surface area is 343 Å². The van der Waals surface area contributed by atoms with E-state index in [4.69, 9.17) is 13.8 Å². The van der Waals surface area contributed by atoms with Gasteiger partial charge in [0.05, 0.1) is 13.2 Å². The number of aliphatic carboxylic acids is 1. The zero-order valence-electron chi connectivity index (χ0n) is 34.6. The van der Waals surface area contributed by atoms with Crippen LogP contribution in [0, 0.1) is 0 Å². The number of amides is 1. The molecule has 0 rings (SSSR count). The lowest BCUT2D eigenvalue weighted by Gasteiger charge is -2.18. The molecule has 0 aromatic carbocycles. The summed E-state index contributed by atoms with van der Waals surface area (Å²) in [5, 5.41) is 21.7. The van der Waals surface area contributed by atoms with Crippen LogP contribution in [0.15, 0.2) is 97.2 Å². The molecule has 57 heavy (non-hydrogen) atoms. The third-order valence-electron chi connectivity index (χ3n) is 8.09. The number of nitrogens with one attached hydrogen (secondary N) is 1. The van der Waals surface area contributed by atoms with Crippen molar-refractivity contribution in [3.63, 3.8) is 0 Å². The number of rotatable bonds is 37. The van der Waals surface area contributed by atoms with Crippen LogP contribution in [0.25, 0.3) is 0 Å². The molecule has 4 N–H and O–H groups in total. The maximum Gasteiger partial charge on any atom is 0.472 e. The Balaban J connectivity index is 4.01. The highest BCUT2D eigenvalue weighted by Gasteiger charge is 2.28. The van der Waals surface area contributed by atoms with Crippen LogP contribution in [0.2, 0.25) is 0 Å². The molecule has 0 aliphatic carbocycles. The third kappa shape index (κ3) is 39.0. The van der Waals surface area contributed by atoms with E-state index in [0.29, 0.717) is 19.3 Å². The van der Waals surface area contributed by atoms with E-state index in [-0.39, 0.29) is 12.8 Å². The fourth-order valence-electron chi connectivity index (χ4n) is 4.89. The van der Waals surface area contributed by atoms with E-state index in [2.05, 4.69) is 104 Å². The van der Waals surface area contributed by atoms with Gasteiger partial charge in [0.2, 0.25) is 5.91 Å². The summed E-state index contributed by atoms with van der Waals surface area (Å²) in [6.07, 6.45) is 48.9. The standard InChI is InChI=1S/C45H72NO10P/c1-3-5-7-9-11-13-15-16-17-18-19-20-21-22-23-24-25-26-27-29-31-33-35-37-44(49)54-38-41(47)39-55-57(52,53)56-40-42(45(50)51)46-43(48)36-34-32-30-28-14-12-10-8-6-4-2/h5,7-8,10-11,13,16-17,19-20,22-23,25-26,29,31,41-42,47H,3-4,6,9,12,14-15,18,21,24,27-28,30,32-40H2,1-2H3,(H,46,48)(H,50,51)(H,52,53)/b7-5-,10-8-,13-11-,17-16-,20-19-,23-22-,26-25-,31-29-. The normalized spacial score (nSPS) is 14.7. The second-order valence-electron chi connectivity index (χ2n) is 13.4. The van der Waals surface area contributed by atoms with Gasteiger partial charge in [0.25, 0.3) is 0 Å². The second kappa shape index (κ2) is 39.2. The maximum absolute atomic E-state index is 12.2. The number of ether oxygens (including phenoxy) is 1. The highest BCUT2D eigenvalue weighted by molar-refractivity contribution is 7.47. The predicted molar refractivity (Wildman–Crippen MR) is 230 cm³/mol. The Morgan fingerprint density at radius 1 is 0.579 bits per heavy atom. The number of hydrogen-bond donors (Lipinski definition) is 4. The van der Waals surface area contributed by atoms with Gasteiger partial charge in [-0.2, -0.15) is 0 Å². The number of carbonyl (C=O) groups is 3. The summed E-state index contributed by atoms with van der Waals surface area (Å²) in [7, 11) is -4.77. The summed E-state index contributed by atoms with van der Waals surface area (Å²) < 4.78 is 26.7. The van der Waals surface area contributed by atoms with Crippen molar-refractivity contribution in [3.8, 4) is 0 Å². The van der Waals surface area contributed by atoms with Gasteiger partial charge in [-0.1, -0.05) is 137 Å². The summed E-state index contributed by atoms with van der Waals surface area (Å²) in [6, 6.07) is -1.56. The number of aliphatic hydroxyl groups excluding tert-OH is 1. The molecule has 12 heteroatoms. The molecule has 0 spiro atoms. The van der Waals surface area contributed by atoms with Gasteiger partial charge in [-0.25, -0.2) is 9.36 Å². The highest BCUT2D eigenvalue weighted by Crippen LogP contribution is 2.43. The molecule has 0 aromatic rings. The van der Waals surface area contributed by atoms with Crippen molar-refractivity contribution in [2.24, 2.45) is 0 Å². The molecule has 3 atom stereocenters. The summed E-state index contributed by atoms with van der Waals surface area (Å²) in [5.74, 6) is -2.47.